The van der Waals surface area contributed by atoms with Gasteiger partial charge in [0.05, 0.1) is 46.5 Å². The van der Waals surface area contributed by atoms with E-state index < -0.39 is 39.4 Å². The molecule has 3 aliphatic rings. The van der Waals surface area contributed by atoms with Gasteiger partial charge in [0.1, 0.15) is 6.04 Å². The van der Waals surface area contributed by atoms with Crippen LogP contribution < -0.4 is 4.90 Å². The fourth-order valence-corrected chi connectivity index (χ4v) is 8.71. The van der Waals surface area contributed by atoms with Gasteiger partial charge in [-0.05, 0) is 45.2 Å². The van der Waals surface area contributed by atoms with E-state index in [1.165, 1.54) is 4.90 Å². The van der Waals surface area contributed by atoms with Crippen molar-refractivity contribution in [3.63, 3.8) is 0 Å². The number of amides is 2. The topological polar surface area (TPSA) is 87.1 Å². The number of halogens is 1. The normalized spacial score (nSPS) is 31.2. The Kier molecular flexibility index (Phi) is 7.60. The van der Waals surface area contributed by atoms with Crippen LogP contribution in [0.2, 0.25) is 5.02 Å². The minimum Gasteiger partial charge on any atom is -0.465 e. The van der Waals surface area contributed by atoms with E-state index >= 15 is 0 Å². The number of esters is 1. The van der Waals surface area contributed by atoms with Gasteiger partial charge in [-0.2, -0.15) is 0 Å². The third-order valence-corrected chi connectivity index (χ3v) is 10.0. The maximum Gasteiger partial charge on any atom is 0.311 e. The third kappa shape index (κ3) is 4.07. The number of carbonyl (C=O) groups is 3. The van der Waals surface area contributed by atoms with Gasteiger partial charge in [-0.15, -0.1) is 24.9 Å². The molecule has 3 fully saturated rings. The lowest BCUT2D eigenvalue weighted by atomic mass is 9.66. The van der Waals surface area contributed by atoms with Crippen molar-refractivity contribution >= 4 is 46.8 Å². The van der Waals surface area contributed by atoms with E-state index in [1.54, 1.807) is 60.0 Å². The largest absolute Gasteiger partial charge is 0.465 e. The van der Waals surface area contributed by atoms with Crippen molar-refractivity contribution in [1.29, 1.82) is 0 Å². The second kappa shape index (κ2) is 10.2. The Labute approximate surface area is 221 Å². The zero-order valence-corrected chi connectivity index (χ0v) is 22.3. The molecule has 4 rings (SSSR count). The molecule has 3 aliphatic heterocycles. The minimum absolute atomic E-state index is 0.199. The summed E-state index contributed by atoms with van der Waals surface area (Å²) in [5.74, 6) is -2.37. The lowest BCUT2D eigenvalue weighted by molar-refractivity contribution is -0.155. The first-order valence-corrected chi connectivity index (χ1v) is 13.4. The quantitative estimate of drug-likeness (QED) is 0.280. The fourth-order valence-electron chi connectivity index (χ4n) is 6.15. The molecule has 3 heterocycles. The molecule has 2 unspecified atom stereocenters. The number of carbonyl (C=O) groups excluding carboxylic acids is 3. The number of benzene rings is 1. The Morgan fingerprint density at radius 3 is 2.69 bits per heavy atom. The van der Waals surface area contributed by atoms with Crippen LogP contribution in [0.5, 0.6) is 0 Å². The number of rotatable bonds is 10. The number of hydrogen-bond acceptors (Lipinski definition) is 6. The van der Waals surface area contributed by atoms with Crippen molar-refractivity contribution in [3.8, 4) is 0 Å². The molecule has 7 nitrogen and oxygen atoms in total. The van der Waals surface area contributed by atoms with Crippen molar-refractivity contribution < 1.29 is 24.2 Å². The summed E-state index contributed by atoms with van der Waals surface area (Å²) in [5, 5.41) is 10.5. The third-order valence-electron chi connectivity index (χ3n) is 7.73. The SMILES string of the molecule is C=CCCOC(=O)[C@H]1[C@H]2C(=O)N([C@H](C)CO)C(C(=O)N(CC=C)c3ccccc3Cl)C23CC[C@]1(C)S3. The van der Waals surface area contributed by atoms with Crippen molar-refractivity contribution in [2.24, 2.45) is 11.8 Å². The Morgan fingerprint density at radius 2 is 2.06 bits per heavy atom. The van der Waals surface area contributed by atoms with Gasteiger partial charge in [0, 0.05) is 11.3 Å². The molecule has 194 valence electrons. The number of hydrogen-bond donors (Lipinski definition) is 1. The first-order chi connectivity index (χ1) is 17.2. The van der Waals surface area contributed by atoms with Gasteiger partial charge in [-0.3, -0.25) is 14.4 Å². The average Bonchev–Trinajstić information content (AvgIpc) is 3.43. The number of aliphatic hydroxyl groups excluding tert-OH is 1. The number of anilines is 1. The number of nitrogens with zero attached hydrogens (tertiary/aromatic N) is 2. The van der Waals surface area contributed by atoms with Crippen LogP contribution in [0.3, 0.4) is 0 Å². The van der Waals surface area contributed by atoms with Crippen LogP contribution in [-0.4, -0.2) is 69.1 Å². The molecule has 36 heavy (non-hydrogen) atoms. The highest BCUT2D eigenvalue weighted by molar-refractivity contribution is 8.02. The zero-order valence-electron chi connectivity index (χ0n) is 20.7. The Bertz CT molecular complexity index is 1080. The molecule has 0 aliphatic carbocycles. The summed E-state index contributed by atoms with van der Waals surface area (Å²) in [7, 11) is 0. The monoisotopic (exact) mass is 532 g/mol. The van der Waals surface area contributed by atoms with Gasteiger partial charge in [0.25, 0.3) is 5.91 Å². The molecular weight excluding hydrogens is 500 g/mol. The maximum absolute atomic E-state index is 14.4. The van der Waals surface area contributed by atoms with Crippen LogP contribution in [0.15, 0.2) is 49.6 Å². The molecule has 0 saturated carbocycles. The van der Waals surface area contributed by atoms with Crippen molar-refractivity contribution in [1.82, 2.24) is 4.90 Å². The number of fused-ring (bicyclic) bond motifs is 1. The molecule has 1 spiro atoms. The standard InChI is InChI=1S/C27H33ClN2O5S/c1-5-7-15-35-25(34)21-20-23(32)30(17(3)16-31)22(27(20)13-12-26(21,4)36-27)24(33)29(14-6-2)19-11-9-8-10-18(19)28/h5-6,8-11,17,20-22,31H,1-2,7,12-16H2,3-4H3/t17-,20+,21-,22?,26+,27?/m1/s1. The molecule has 1 aromatic rings. The van der Waals surface area contributed by atoms with Gasteiger partial charge >= 0.3 is 5.97 Å². The minimum atomic E-state index is -0.869. The Hall–Kier alpha value is -2.29. The summed E-state index contributed by atoms with van der Waals surface area (Å²) in [4.78, 5) is 44.8. The second-order valence-electron chi connectivity index (χ2n) is 9.94. The van der Waals surface area contributed by atoms with Crippen molar-refractivity contribution in [2.45, 2.75) is 54.7 Å². The van der Waals surface area contributed by atoms with Gasteiger partial charge in [-0.25, -0.2) is 0 Å². The van der Waals surface area contributed by atoms with E-state index in [-0.39, 0.29) is 31.6 Å². The van der Waals surface area contributed by atoms with Crippen LogP contribution in [-0.2, 0) is 19.1 Å². The predicted molar refractivity (Wildman–Crippen MR) is 142 cm³/mol. The van der Waals surface area contributed by atoms with Crippen LogP contribution in [0.1, 0.15) is 33.1 Å². The second-order valence-corrected chi connectivity index (χ2v) is 12.2. The summed E-state index contributed by atoms with van der Waals surface area (Å²) in [6, 6.07) is 5.58. The molecule has 3 saturated heterocycles. The molecule has 1 aromatic carbocycles. The van der Waals surface area contributed by atoms with Gasteiger partial charge < -0.3 is 19.6 Å². The summed E-state index contributed by atoms with van der Waals surface area (Å²) >= 11 is 8.04. The fraction of sp³-hybridized carbons (Fsp3) is 0.519. The lowest BCUT2D eigenvalue weighted by Crippen LogP contribution is -2.57. The first kappa shape index (κ1) is 26.8. The summed E-state index contributed by atoms with van der Waals surface area (Å²) in [5.41, 5.74) is 0.525. The number of likely N-dealkylation sites (tertiary alicyclic amines) is 1. The average molecular weight is 533 g/mol. The molecular formula is C27H33ClN2O5S. The molecule has 2 amide bonds. The first-order valence-electron chi connectivity index (χ1n) is 12.2. The highest BCUT2D eigenvalue weighted by Gasteiger charge is 2.78. The van der Waals surface area contributed by atoms with Crippen LogP contribution in [0.4, 0.5) is 5.69 Å². The van der Waals surface area contributed by atoms with E-state index in [0.29, 0.717) is 30.0 Å². The highest BCUT2D eigenvalue weighted by Crippen LogP contribution is 2.71. The molecule has 6 atom stereocenters. The van der Waals surface area contributed by atoms with Crippen LogP contribution >= 0.6 is 23.4 Å². The zero-order chi connectivity index (χ0) is 26.3. The molecule has 1 N–H and O–H groups in total. The number of ether oxygens (including phenoxy) is 1. The van der Waals surface area contributed by atoms with Crippen molar-refractivity contribution in [3.05, 3.63) is 54.6 Å². The molecule has 0 radical (unpaired) electrons. The Morgan fingerprint density at radius 1 is 1.33 bits per heavy atom. The van der Waals surface area contributed by atoms with Gasteiger partial charge in [-0.1, -0.05) is 35.9 Å². The summed E-state index contributed by atoms with van der Waals surface area (Å²) in [6.07, 6.45) is 5.11. The molecule has 2 bridgehead atoms. The number of thioether (sulfide) groups is 1. The van der Waals surface area contributed by atoms with Crippen LogP contribution in [0.25, 0.3) is 0 Å². The van der Waals surface area contributed by atoms with E-state index in [1.807, 2.05) is 6.92 Å². The molecule has 0 aromatic heterocycles. The van der Waals surface area contributed by atoms with E-state index in [4.69, 9.17) is 16.3 Å². The highest BCUT2D eigenvalue weighted by atomic mass is 35.5. The Balaban J connectivity index is 1.79. The van der Waals surface area contributed by atoms with E-state index in [0.717, 1.165) is 0 Å². The predicted octanol–water partition coefficient (Wildman–Crippen LogP) is 3.84. The lowest BCUT2D eigenvalue weighted by Gasteiger charge is -2.39. The van der Waals surface area contributed by atoms with Crippen molar-refractivity contribution in [2.75, 3.05) is 24.7 Å². The van der Waals surface area contributed by atoms with Gasteiger partial charge in [0.15, 0.2) is 0 Å². The molecule has 9 heteroatoms. The number of para-hydroxylation sites is 1. The van der Waals surface area contributed by atoms with E-state index in [9.17, 15) is 19.5 Å². The maximum atomic E-state index is 14.4. The van der Waals surface area contributed by atoms with Gasteiger partial charge in [0.2, 0.25) is 5.91 Å². The van der Waals surface area contributed by atoms with Crippen LogP contribution in [0, 0.1) is 11.8 Å². The number of aliphatic hydroxyl groups is 1. The van der Waals surface area contributed by atoms with E-state index in [2.05, 4.69) is 13.2 Å². The smallest absolute Gasteiger partial charge is 0.311 e. The summed E-state index contributed by atoms with van der Waals surface area (Å²) in [6.45, 7) is 11.3. The summed E-state index contributed by atoms with van der Waals surface area (Å²) < 4.78 is 4.22.